The highest BCUT2D eigenvalue weighted by Gasteiger charge is 2.08. The summed E-state index contributed by atoms with van der Waals surface area (Å²) >= 11 is 4.98. The first-order valence-electron chi connectivity index (χ1n) is 7.94. The molecule has 134 valence electrons. The van der Waals surface area contributed by atoms with E-state index in [0.717, 1.165) is 25.5 Å². The smallest absolute Gasteiger partial charge is 0.267 e. The van der Waals surface area contributed by atoms with Crippen molar-refractivity contribution < 1.29 is 9.53 Å². The Morgan fingerprint density at radius 2 is 1.85 bits per heavy atom. The lowest BCUT2D eigenvalue weighted by atomic mass is 10.3. The molecular formula is C19H13BrN4O2S. The van der Waals surface area contributed by atoms with E-state index in [9.17, 15) is 4.79 Å². The fourth-order valence-electron chi connectivity index (χ4n) is 2.43. The molecule has 2 aromatic carbocycles. The summed E-state index contributed by atoms with van der Waals surface area (Å²) in [7, 11) is 0. The van der Waals surface area contributed by atoms with Crippen LogP contribution in [-0.4, -0.2) is 15.9 Å². The summed E-state index contributed by atoms with van der Waals surface area (Å²) in [6.07, 6.45) is 1.48. The van der Waals surface area contributed by atoms with Gasteiger partial charge in [-0.2, -0.15) is 0 Å². The molecule has 0 saturated heterocycles. The van der Waals surface area contributed by atoms with Crippen LogP contribution in [0.15, 0.2) is 65.3 Å². The molecule has 0 fully saturated rings. The Morgan fingerprint density at radius 3 is 2.63 bits per heavy atom. The Hall–Kier alpha value is -2.97. The second-order valence-corrected chi connectivity index (χ2v) is 7.57. The number of nitrogens with zero attached hydrogens (tertiary/aromatic N) is 2. The number of thiazole rings is 1. The predicted molar refractivity (Wildman–Crippen MR) is 110 cm³/mol. The Kier molecular flexibility index (Phi) is 4.74. The maximum Gasteiger partial charge on any atom is 0.267 e. The van der Waals surface area contributed by atoms with Gasteiger partial charge in [0.15, 0.2) is 5.13 Å². The standard InChI is InChI=1S/C19H13BrN4O2S/c20-11-1-3-12(4-2-11)23-19-24-15-9-13(5-6-17(15)27-19)26-14-7-8-22-16(10-14)18(21)25/h1-10H,(H2,21,25)(H,23,24). The lowest BCUT2D eigenvalue weighted by Crippen LogP contribution is -2.12. The van der Waals surface area contributed by atoms with Gasteiger partial charge in [-0.25, -0.2) is 4.98 Å². The van der Waals surface area contributed by atoms with Gasteiger partial charge >= 0.3 is 0 Å². The zero-order valence-corrected chi connectivity index (χ0v) is 16.3. The van der Waals surface area contributed by atoms with E-state index in [4.69, 9.17) is 10.5 Å². The zero-order valence-electron chi connectivity index (χ0n) is 13.8. The summed E-state index contributed by atoms with van der Waals surface area (Å²) in [5, 5.41) is 4.09. The van der Waals surface area contributed by atoms with Crippen molar-refractivity contribution in [3.63, 3.8) is 0 Å². The molecule has 4 aromatic rings. The molecule has 0 atom stereocenters. The highest BCUT2D eigenvalue weighted by atomic mass is 79.9. The van der Waals surface area contributed by atoms with Crippen LogP contribution in [0.4, 0.5) is 10.8 Å². The molecule has 0 radical (unpaired) electrons. The number of amides is 1. The number of carbonyl (C=O) groups excluding carboxylic acids is 1. The van der Waals surface area contributed by atoms with Gasteiger partial charge < -0.3 is 15.8 Å². The molecule has 0 aliphatic heterocycles. The molecule has 0 bridgehead atoms. The third-order valence-corrected chi connectivity index (χ3v) is 5.15. The van der Waals surface area contributed by atoms with Crippen LogP contribution in [0.2, 0.25) is 0 Å². The molecule has 1 amide bonds. The zero-order chi connectivity index (χ0) is 18.8. The molecule has 3 N–H and O–H groups in total. The number of rotatable bonds is 5. The molecule has 0 saturated carbocycles. The van der Waals surface area contributed by atoms with Gasteiger partial charge in [0.1, 0.15) is 17.2 Å². The van der Waals surface area contributed by atoms with Crippen molar-refractivity contribution in [2.75, 3.05) is 5.32 Å². The number of aromatic nitrogens is 2. The number of anilines is 2. The van der Waals surface area contributed by atoms with Gasteiger partial charge in [-0.1, -0.05) is 27.3 Å². The highest BCUT2D eigenvalue weighted by molar-refractivity contribution is 9.10. The van der Waals surface area contributed by atoms with Gasteiger partial charge in [-0.05, 0) is 42.5 Å². The SMILES string of the molecule is NC(=O)c1cc(Oc2ccc3sc(Nc4ccc(Br)cc4)nc3c2)ccn1. The van der Waals surface area contributed by atoms with Crippen LogP contribution in [0, 0.1) is 0 Å². The lowest BCUT2D eigenvalue weighted by Gasteiger charge is -2.05. The number of fused-ring (bicyclic) bond motifs is 1. The summed E-state index contributed by atoms with van der Waals surface area (Å²) < 4.78 is 7.87. The third kappa shape index (κ3) is 4.07. The number of ether oxygens (including phenoxy) is 1. The van der Waals surface area contributed by atoms with Crippen molar-refractivity contribution in [2.45, 2.75) is 0 Å². The normalized spacial score (nSPS) is 10.7. The van der Waals surface area contributed by atoms with Crippen LogP contribution < -0.4 is 15.8 Å². The van der Waals surface area contributed by atoms with Gasteiger partial charge in [0.25, 0.3) is 5.91 Å². The summed E-state index contributed by atoms with van der Waals surface area (Å²) in [6.45, 7) is 0. The summed E-state index contributed by atoms with van der Waals surface area (Å²) in [4.78, 5) is 19.7. The predicted octanol–water partition coefficient (Wildman–Crippen LogP) is 5.09. The first kappa shape index (κ1) is 17.4. The number of nitrogens with two attached hydrogens (primary N) is 1. The van der Waals surface area contributed by atoms with Gasteiger partial charge in [0.05, 0.1) is 10.2 Å². The number of pyridine rings is 1. The molecule has 6 nitrogen and oxygen atoms in total. The van der Waals surface area contributed by atoms with Crippen LogP contribution in [-0.2, 0) is 0 Å². The highest BCUT2D eigenvalue weighted by Crippen LogP contribution is 2.32. The van der Waals surface area contributed by atoms with Crippen molar-refractivity contribution in [3.05, 3.63) is 71.0 Å². The summed E-state index contributed by atoms with van der Waals surface area (Å²) in [6, 6.07) is 16.7. The first-order chi connectivity index (χ1) is 13.1. The van der Waals surface area contributed by atoms with Crippen molar-refractivity contribution in [3.8, 4) is 11.5 Å². The van der Waals surface area contributed by atoms with E-state index < -0.39 is 5.91 Å². The average molecular weight is 441 g/mol. The van der Waals surface area contributed by atoms with Crippen molar-refractivity contribution >= 4 is 54.2 Å². The van der Waals surface area contributed by atoms with E-state index in [1.165, 1.54) is 12.3 Å². The molecule has 0 aliphatic carbocycles. The lowest BCUT2D eigenvalue weighted by molar-refractivity contribution is 0.0995. The van der Waals surface area contributed by atoms with Crippen molar-refractivity contribution in [1.29, 1.82) is 0 Å². The second kappa shape index (κ2) is 7.34. The fourth-order valence-corrected chi connectivity index (χ4v) is 3.56. The minimum Gasteiger partial charge on any atom is -0.457 e. The Labute approximate surface area is 167 Å². The maximum absolute atomic E-state index is 11.2. The quantitative estimate of drug-likeness (QED) is 0.450. The Bertz CT molecular complexity index is 1130. The van der Waals surface area contributed by atoms with E-state index in [1.54, 1.807) is 17.4 Å². The van der Waals surface area contributed by atoms with Gasteiger partial charge in [-0.15, -0.1) is 0 Å². The van der Waals surface area contributed by atoms with E-state index in [2.05, 4.69) is 31.2 Å². The summed E-state index contributed by atoms with van der Waals surface area (Å²) in [5.74, 6) is 0.505. The monoisotopic (exact) mass is 440 g/mol. The maximum atomic E-state index is 11.2. The third-order valence-electron chi connectivity index (χ3n) is 3.67. The largest absolute Gasteiger partial charge is 0.457 e. The van der Waals surface area contributed by atoms with Crippen molar-refractivity contribution in [2.24, 2.45) is 5.73 Å². The number of benzene rings is 2. The number of carbonyl (C=O) groups is 1. The van der Waals surface area contributed by atoms with Gasteiger partial charge in [0.2, 0.25) is 0 Å². The van der Waals surface area contributed by atoms with E-state index in [-0.39, 0.29) is 5.69 Å². The molecule has 2 aromatic heterocycles. The minimum atomic E-state index is -0.598. The molecule has 0 unspecified atom stereocenters. The second-order valence-electron chi connectivity index (χ2n) is 5.62. The van der Waals surface area contributed by atoms with Crippen LogP contribution in [0.25, 0.3) is 10.2 Å². The van der Waals surface area contributed by atoms with Crippen LogP contribution in [0.1, 0.15) is 10.5 Å². The van der Waals surface area contributed by atoms with Crippen molar-refractivity contribution in [1.82, 2.24) is 9.97 Å². The number of hydrogen-bond acceptors (Lipinski definition) is 6. The van der Waals surface area contributed by atoms with E-state index in [0.29, 0.717) is 11.5 Å². The number of nitrogens with one attached hydrogen (secondary N) is 1. The van der Waals surface area contributed by atoms with Crippen LogP contribution >= 0.6 is 27.3 Å². The first-order valence-corrected chi connectivity index (χ1v) is 9.55. The number of hydrogen-bond donors (Lipinski definition) is 2. The van der Waals surface area contributed by atoms with Gasteiger partial charge in [-0.3, -0.25) is 9.78 Å². The Morgan fingerprint density at radius 1 is 1.07 bits per heavy atom. The minimum absolute atomic E-state index is 0.156. The molecule has 0 spiro atoms. The molecule has 0 aliphatic rings. The van der Waals surface area contributed by atoms with Crippen LogP contribution in [0.5, 0.6) is 11.5 Å². The molecule has 2 heterocycles. The number of primary amides is 1. The summed E-state index contributed by atoms with van der Waals surface area (Å²) in [5.41, 5.74) is 7.19. The Balaban J connectivity index is 1.56. The molecule has 4 rings (SSSR count). The number of halogens is 1. The average Bonchev–Trinajstić information content (AvgIpc) is 3.05. The van der Waals surface area contributed by atoms with E-state index in [1.807, 2.05) is 42.5 Å². The fraction of sp³-hybridized carbons (Fsp3) is 0. The van der Waals surface area contributed by atoms with Gasteiger partial charge in [0, 0.05) is 28.5 Å². The topological polar surface area (TPSA) is 90.1 Å². The molecule has 8 heteroatoms. The van der Waals surface area contributed by atoms with E-state index >= 15 is 0 Å². The molecule has 27 heavy (non-hydrogen) atoms. The molecular weight excluding hydrogens is 428 g/mol. The van der Waals surface area contributed by atoms with Crippen LogP contribution in [0.3, 0.4) is 0 Å².